The monoisotopic (exact) mass is 381 g/mol. The molecular formula is C18H15N5O3S. The Kier molecular flexibility index (Phi) is 5.62. The number of Topliss-reactive ketones (excluding diaryl/α,β-unsaturated/α-hetero) is 1. The van der Waals surface area contributed by atoms with Crippen molar-refractivity contribution < 1.29 is 14.4 Å². The number of hydrogen-bond acceptors (Lipinski definition) is 7. The van der Waals surface area contributed by atoms with Gasteiger partial charge in [-0.25, -0.2) is 4.98 Å². The van der Waals surface area contributed by atoms with Crippen LogP contribution in [0.5, 0.6) is 0 Å². The van der Waals surface area contributed by atoms with Crippen LogP contribution in [0, 0.1) is 0 Å². The fourth-order valence-corrected chi connectivity index (χ4v) is 3.15. The average molecular weight is 381 g/mol. The number of carbonyl (C=O) groups excluding carboxylic acids is 3. The molecule has 0 spiro atoms. The molecule has 0 saturated heterocycles. The first kappa shape index (κ1) is 18.3. The lowest BCUT2D eigenvalue weighted by Gasteiger charge is -2.16. The Labute approximate surface area is 158 Å². The van der Waals surface area contributed by atoms with Gasteiger partial charge in [-0.15, -0.1) is 11.3 Å². The molecule has 3 aromatic rings. The minimum Gasteiger partial charge on any atom is -0.363 e. The molecule has 9 heteroatoms. The molecule has 1 unspecified atom stereocenters. The molecule has 0 aliphatic carbocycles. The summed E-state index contributed by atoms with van der Waals surface area (Å²) in [6.45, 7) is 0. The number of amides is 2. The third-order valence-electron chi connectivity index (χ3n) is 3.74. The van der Waals surface area contributed by atoms with Gasteiger partial charge in [0.2, 0.25) is 5.78 Å². The Balaban J connectivity index is 1.84. The highest BCUT2D eigenvalue weighted by molar-refractivity contribution is 7.12. The number of rotatable bonds is 7. The molecule has 2 amide bonds. The molecule has 0 fully saturated rings. The van der Waals surface area contributed by atoms with Crippen LogP contribution in [-0.4, -0.2) is 38.6 Å². The van der Waals surface area contributed by atoms with Gasteiger partial charge in [-0.05, 0) is 29.8 Å². The largest absolute Gasteiger partial charge is 0.363 e. The number of nitrogens with two attached hydrogens (primary N) is 1. The Morgan fingerprint density at radius 3 is 2.52 bits per heavy atom. The molecule has 0 aliphatic rings. The van der Waals surface area contributed by atoms with Crippen molar-refractivity contribution in [3.8, 4) is 11.4 Å². The molecule has 0 aromatic carbocycles. The molecule has 3 rings (SSSR count). The summed E-state index contributed by atoms with van der Waals surface area (Å²) >= 11 is 1.12. The van der Waals surface area contributed by atoms with Gasteiger partial charge in [-0.3, -0.25) is 24.4 Å². The molecule has 3 N–H and O–H groups in total. The van der Waals surface area contributed by atoms with Crippen molar-refractivity contribution in [2.75, 3.05) is 0 Å². The zero-order valence-corrected chi connectivity index (χ0v) is 14.8. The number of nitrogens with zero attached hydrogens (tertiary/aromatic N) is 3. The predicted octanol–water partition coefficient (Wildman–Crippen LogP) is 0.996. The first-order valence-corrected chi connectivity index (χ1v) is 8.82. The van der Waals surface area contributed by atoms with E-state index in [1.54, 1.807) is 48.9 Å². The number of carbonyl (C=O) groups is 3. The fourth-order valence-electron chi connectivity index (χ4n) is 2.45. The smallest absolute Gasteiger partial charge is 0.287 e. The summed E-state index contributed by atoms with van der Waals surface area (Å²) in [6.07, 6.45) is 4.84. The minimum absolute atomic E-state index is 0.119. The second-order valence-electron chi connectivity index (χ2n) is 5.56. The van der Waals surface area contributed by atoms with Crippen molar-refractivity contribution in [2.45, 2.75) is 12.5 Å². The second kappa shape index (κ2) is 8.28. The van der Waals surface area contributed by atoms with Crippen molar-refractivity contribution in [3.05, 3.63) is 64.9 Å². The summed E-state index contributed by atoms with van der Waals surface area (Å²) in [4.78, 5) is 48.9. The quantitative estimate of drug-likeness (QED) is 0.588. The van der Waals surface area contributed by atoms with E-state index in [-0.39, 0.29) is 6.42 Å². The number of aromatic nitrogens is 3. The number of nitrogens with one attached hydrogen (secondary N) is 1. The van der Waals surface area contributed by atoms with E-state index < -0.39 is 23.6 Å². The lowest BCUT2D eigenvalue weighted by molar-refractivity contribution is -0.137. The van der Waals surface area contributed by atoms with Crippen LogP contribution in [0.3, 0.4) is 0 Å². The highest BCUT2D eigenvalue weighted by Crippen LogP contribution is 2.23. The zero-order chi connectivity index (χ0) is 19.2. The number of ketones is 1. The van der Waals surface area contributed by atoms with Crippen molar-refractivity contribution in [1.29, 1.82) is 0 Å². The molecular weight excluding hydrogens is 366 g/mol. The van der Waals surface area contributed by atoms with E-state index in [1.807, 2.05) is 0 Å². The summed E-state index contributed by atoms with van der Waals surface area (Å²) < 4.78 is 0. The molecule has 136 valence electrons. The third kappa shape index (κ3) is 4.39. The average Bonchev–Trinajstić information content (AvgIpc) is 3.18. The van der Waals surface area contributed by atoms with Crippen LogP contribution < -0.4 is 11.1 Å². The van der Waals surface area contributed by atoms with Crippen molar-refractivity contribution in [1.82, 2.24) is 20.3 Å². The normalized spacial score (nSPS) is 11.6. The molecule has 0 aliphatic heterocycles. The van der Waals surface area contributed by atoms with E-state index in [0.717, 1.165) is 16.9 Å². The Bertz CT molecular complexity index is 959. The van der Waals surface area contributed by atoms with E-state index >= 15 is 0 Å². The minimum atomic E-state index is -1.11. The maximum Gasteiger partial charge on any atom is 0.287 e. The van der Waals surface area contributed by atoms with Crippen molar-refractivity contribution in [3.63, 3.8) is 0 Å². The van der Waals surface area contributed by atoms with Gasteiger partial charge in [0.25, 0.3) is 11.8 Å². The summed E-state index contributed by atoms with van der Waals surface area (Å²) in [5.41, 5.74) is 8.34. The van der Waals surface area contributed by atoms with E-state index in [2.05, 4.69) is 20.3 Å². The topological polar surface area (TPSA) is 128 Å². The van der Waals surface area contributed by atoms with Gasteiger partial charge >= 0.3 is 0 Å². The maximum absolute atomic E-state index is 12.7. The van der Waals surface area contributed by atoms with E-state index in [4.69, 9.17) is 5.73 Å². The van der Waals surface area contributed by atoms with Crippen molar-refractivity contribution >= 4 is 28.9 Å². The zero-order valence-electron chi connectivity index (χ0n) is 14.0. The second-order valence-corrected chi connectivity index (χ2v) is 6.41. The summed E-state index contributed by atoms with van der Waals surface area (Å²) in [7, 11) is 0. The van der Waals surface area contributed by atoms with Gasteiger partial charge in [0.15, 0.2) is 0 Å². The molecule has 0 radical (unpaired) electrons. The van der Waals surface area contributed by atoms with Crippen molar-refractivity contribution in [2.24, 2.45) is 5.73 Å². The molecule has 3 aromatic heterocycles. The van der Waals surface area contributed by atoms with Crippen LogP contribution in [0.15, 0.2) is 54.4 Å². The molecule has 3 heterocycles. The van der Waals surface area contributed by atoms with Crippen LogP contribution in [0.25, 0.3) is 11.4 Å². The Morgan fingerprint density at radius 1 is 1.07 bits per heavy atom. The predicted molar refractivity (Wildman–Crippen MR) is 98.7 cm³/mol. The van der Waals surface area contributed by atoms with Crippen LogP contribution >= 0.6 is 11.3 Å². The van der Waals surface area contributed by atoms with Gasteiger partial charge in [0.05, 0.1) is 11.2 Å². The molecule has 0 bridgehead atoms. The molecule has 8 nitrogen and oxygen atoms in total. The van der Waals surface area contributed by atoms with Crippen LogP contribution in [-0.2, 0) is 16.0 Å². The summed E-state index contributed by atoms with van der Waals surface area (Å²) in [5, 5.41) is 2.59. The number of pyridine rings is 2. The number of thiazole rings is 1. The summed E-state index contributed by atoms with van der Waals surface area (Å²) in [6, 6.07) is 7.57. The first-order chi connectivity index (χ1) is 13.1. The third-order valence-corrected chi connectivity index (χ3v) is 4.56. The Hall–Kier alpha value is -3.46. The van der Waals surface area contributed by atoms with Crippen LogP contribution in [0.4, 0.5) is 0 Å². The van der Waals surface area contributed by atoms with Gasteiger partial charge < -0.3 is 11.1 Å². The highest BCUT2D eigenvalue weighted by atomic mass is 32.1. The highest BCUT2D eigenvalue weighted by Gasteiger charge is 2.27. The van der Waals surface area contributed by atoms with Crippen LogP contribution in [0.2, 0.25) is 0 Å². The molecule has 27 heavy (non-hydrogen) atoms. The Morgan fingerprint density at radius 2 is 1.85 bits per heavy atom. The van der Waals surface area contributed by atoms with Crippen LogP contribution in [0.1, 0.15) is 15.2 Å². The standard InChI is InChI=1S/C18H15N5O3S/c19-17(25)15(24)13(9-11-4-7-20-8-5-11)23-18(26)16-14(22-10-27-16)12-3-1-2-6-21-12/h1-8,10,13H,9H2,(H2,19,25)(H,23,26). The van der Waals surface area contributed by atoms with Gasteiger partial charge in [0, 0.05) is 25.0 Å². The SMILES string of the molecule is NC(=O)C(=O)C(Cc1ccncc1)NC(=O)c1scnc1-c1ccccn1. The van der Waals surface area contributed by atoms with Gasteiger partial charge in [0.1, 0.15) is 16.6 Å². The van der Waals surface area contributed by atoms with Gasteiger partial charge in [-0.2, -0.15) is 0 Å². The lowest BCUT2D eigenvalue weighted by Crippen LogP contribution is -2.47. The lowest BCUT2D eigenvalue weighted by atomic mass is 10.0. The molecule has 0 saturated carbocycles. The van der Waals surface area contributed by atoms with E-state index in [9.17, 15) is 14.4 Å². The van der Waals surface area contributed by atoms with E-state index in [0.29, 0.717) is 16.3 Å². The summed E-state index contributed by atoms with van der Waals surface area (Å²) in [5.74, 6) is -2.50. The van der Waals surface area contributed by atoms with Gasteiger partial charge in [-0.1, -0.05) is 6.07 Å². The maximum atomic E-state index is 12.7. The first-order valence-electron chi connectivity index (χ1n) is 7.94. The fraction of sp³-hybridized carbons (Fsp3) is 0.111. The van der Waals surface area contributed by atoms with E-state index in [1.165, 1.54) is 5.51 Å². The number of hydrogen-bond donors (Lipinski definition) is 2. The molecule has 1 atom stereocenters. The number of primary amides is 1.